The summed E-state index contributed by atoms with van der Waals surface area (Å²) >= 11 is 15.1. The van der Waals surface area contributed by atoms with Gasteiger partial charge in [0.1, 0.15) is 0 Å². The molecule has 1 aliphatic rings. The van der Waals surface area contributed by atoms with Crippen molar-refractivity contribution in [3.8, 4) is 5.69 Å². The van der Waals surface area contributed by atoms with Crippen molar-refractivity contribution < 1.29 is 9.90 Å². The molecule has 30 heavy (non-hydrogen) atoms. The number of aromatic nitrogens is 2. The van der Waals surface area contributed by atoms with Crippen LogP contribution >= 0.6 is 39.7 Å². The fourth-order valence-electron chi connectivity index (χ4n) is 3.52. The van der Waals surface area contributed by atoms with E-state index in [1.165, 1.54) is 0 Å². The smallest absolute Gasteiger partial charge is 0.356 e. The second-order valence-corrected chi connectivity index (χ2v) is 8.77. The SMILES string of the molecule is Cc1cc(Cl)ccc1NC(=S)N1CCc2c(c(C(=O)O)nn2-c2ccc(Br)cc2)C1. The van der Waals surface area contributed by atoms with Gasteiger partial charge in [0.2, 0.25) is 0 Å². The maximum Gasteiger partial charge on any atom is 0.356 e. The first kappa shape index (κ1) is 20.8. The van der Waals surface area contributed by atoms with Crippen LogP contribution in [0.3, 0.4) is 0 Å². The lowest BCUT2D eigenvalue weighted by atomic mass is 10.1. The monoisotopic (exact) mass is 504 g/mol. The Morgan fingerprint density at radius 3 is 2.67 bits per heavy atom. The number of nitrogens with one attached hydrogen (secondary N) is 1. The highest BCUT2D eigenvalue weighted by molar-refractivity contribution is 9.10. The number of carbonyl (C=O) groups is 1. The van der Waals surface area contributed by atoms with Crippen LogP contribution in [0.15, 0.2) is 46.9 Å². The van der Waals surface area contributed by atoms with E-state index in [2.05, 4.69) is 26.3 Å². The topological polar surface area (TPSA) is 70.4 Å². The molecular formula is C21H18BrClN4O2S. The molecule has 3 aromatic rings. The van der Waals surface area contributed by atoms with Gasteiger partial charge in [0.15, 0.2) is 10.8 Å². The Kier molecular flexibility index (Phi) is 5.81. The van der Waals surface area contributed by atoms with E-state index in [1.54, 1.807) is 10.7 Å². The van der Waals surface area contributed by atoms with Gasteiger partial charge in [-0.1, -0.05) is 27.5 Å². The molecule has 0 aliphatic carbocycles. The van der Waals surface area contributed by atoms with Crippen molar-refractivity contribution in [1.29, 1.82) is 0 Å². The Labute approximate surface area is 192 Å². The molecule has 0 radical (unpaired) electrons. The molecule has 2 heterocycles. The summed E-state index contributed by atoms with van der Waals surface area (Å²) in [5.74, 6) is -1.05. The van der Waals surface area contributed by atoms with E-state index in [1.807, 2.05) is 48.2 Å². The summed E-state index contributed by atoms with van der Waals surface area (Å²) in [6.07, 6.45) is 0.632. The van der Waals surface area contributed by atoms with Crippen LogP contribution in [-0.2, 0) is 13.0 Å². The average Bonchev–Trinajstić information content (AvgIpc) is 3.10. The van der Waals surface area contributed by atoms with Crippen LogP contribution < -0.4 is 5.32 Å². The highest BCUT2D eigenvalue weighted by atomic mass is 79.9. The number of anilines is 1. The average molecular weight is 506 g/mol. The fraction of sp³-hybridized carbons (Fsp3) is 0.190. The molecule has 6 nitrogen and oxygen atoms in total. The minimum Gasteiger partial charge on any atom is -0.476 e. The van der Waals surface area contributed by atoms with E-state index in [0.717, 1.165) is 27.1 Å². The molecule has 0 atom stereocenters. The minimum absolute atomic E-state index is 0.0584. The van der Waals surface area contributed by atoms with Crippen LogP contribution in [0.5, 0.6) is 0 Å². The maximum absolute atomic E-state index is 11.9. The number of carboxylic acids is 1. The molecule has 1 aromatic heterocycles. The van der Waals surface area contributed by atoms with Gasteiger partial charge < -0.3 is 15.3 Å². The Bertz CT molecular complexity index is 1150. The number of hydrogen-bond acceptors (Lipinski definition) is 3. The predicted octanol–water partition coefficient (Wildman–Crippen LogP) is 5.05. The summed E-state index contributed by atoms with van der Waals surface area (Å²) in [5.41, 5.74) is 4.33. The van der Waals surface area contributed by atoms with Crippen molar-refractivity contribution >= 4 is 56.5 Å². The lowest BCUT2D eigenvalue weighted by molar-refractivity contribution is 0.0688. The first-order valence-corrected chi connectivity index (χ1v) is 10.8. The summed E-state index contributed by atoms with van der Waals surface area (Å²) in [4.78, 5) is 13.8. The highest BCUT2D eigenvalue weighted by Gasteiger charge is 2.29. The van der Waals surface area contributed by atoms with Gasteiger partial charge in [0.25, 0.3) is 0 Å². The molecule has 4 rings (SSSR count). The molecule has 0 saturated heterocycles. The number of thiocarbonyl (C=S) groups is 1. The second kappa shape index (κ2) is 8.37. The Balaban J connectivity index is 1.62. The summed E-state index contributed by atoms with van der Waals surface area (Å²) < 4.78 is 2.67. The number of aryl methyl sites for hydroxylation is 1. The van der Waals surface area contributed by atoms with Crippen LogP contribution in [0.25, 0.3) is 5.69 Å². The lowest BCUT2D eigenvalue weighted by Crippen LogP contribution is -2.39. The number of nitrogens with zero attached hydrogens (tertiary/aromatic N) is 3. The van der Waals surface area contributed by atoms with Gasteiger partial charge in [0.05, 0.1) is 11.4 Å². The zero-order valence-corrected chi connectivity index (χ0v) is 19.2. The predicted molar refractivity (Wildman–Crippen MR) is 125 cm³/mol. The molecular weight excluding hydrogens is 488 g/mol. The summed E-state index contributed by atoms with van der Waals surface area (Å²) in [6.45, 7) is 2.99. The highest BCUT2D eigenvalue weighted by Crippen LogP contribution is 2.27. The number of benzene rings is 2. The van der Waals surface area contributed by atoms with Crippen molar-refractivity contribution in [2.75, 3.05) is 11.9 Å². The molecule has 2 N–H and O–H groups in total. The molecule has 0 amide bonds. The molecule has 154 valence electrons. The van der Waals surface area contributed by atoms with Crippen LogP contribution in [0.1, 0.15) is 27.3 Å². The maximum atomic E-state index is 11.9. The van der Waals surface area contributed by atoms with Gasteiger partial charge in [-0.25, -0.2) is 9.48 Å². The van der Waals surface area contributed by atoms with Crippen LogP contribution in [0.2, 0.25) is 5.02 Å². The van der Waals surface area contributed by atoms with Gasteiger partial charge in [-0.15, -0.1) is 0 Å². The van der Waals surface area contributed by atoms with Crippen LogP contribution in [0.4, 0.5) is 5.69 Å². The zero-order valence-electron chi connectivity index (χ0n) is 16.0. The first-order chi connectivity index (χ1) is 14.3. The Hall–Kier alpha value is -2.42. The molecule has 0 bridgehead atoms. The Morgan fingerprint density at radius 1 is 1.27 bits per heavy atom. The largest absolute Gasteiger partial charge is 0.476 e. The van der Waals surface area contributed by atoms with E-state index in [0.29, 0.717) is 35.2 Å². The first-order valence-electron chi connectivity index (χ1n) is 9.25. The van der Waals surface area contributed by atoms with Gasteiger partial charge in [0, 0.05) is 40.3 Å². The van der Waals surface area contributed by atoms with Gasteiger partial charge in [-0.2, -0.15) is 5.10 Å². The summed E-state index contributed by atoms with van der Waals surface area (Å²) in [7, 11) is 0. The van der Waals surface area contributed by atoms with E-state index in [4.69, 9.17) is 23.8 Å². The van der Waals surface area contributed by atoms with E-state index in [-0.39, 0.29) is 5.69 Å². The number of halogens is 2. The minimum atomic E-state index is -1.05. The standard InChI is InChI=1S/C21H18BrClN4O2S/c1-12-10-14(23)4-7-17(12)24-21(30)26-9-8-18-16(11-26)19(20(28)29)25-27(18)15-5-2-13(22)3-6-15/h2-7,10H,8-9,11H2,1H3,(H,24,30)(H,28,29). The fourth-order valence-corrected chi connectivity index (χ4v) is 4.28. The summed E-state index contributed by atoms with van der Waals surface area (Å²) in [6, 6.07) is 13.2. The number of aromatic carboxylic acids is 1. The third-order valence-corrected chi connectivity index (χ3v) is 6.17. The molecule has 2 aromatic carbocycles. The molecule has 0 saturated carbocycles. The van der Waals surface area contributed by atoms with E-state index < -0.39 is 5.97 Å². The number of hydrogen-bond donors (Lipinski definition) is 2. The van der Waals surface area contributed by atoms with Gasteiger partial charge in [-0.3, -0.25) is 0 Å². The van der Waals surface area contributed by atoms with Crippen LogP contribution in [-0.4, -0.2) is 37.4 Å². The number of fused-ring (bicyclic) bond motifs is 1. The van der Waals surface area contributed by atoms with Crippen molar-refractivity contribution in [3.63, 3.8) is 0 Å². The molecule has 0 fully saturated rings. The van der Waals surface area contributed by atoms with Gasteiger partial charge in [-0.05, 0) is 67.2 Å². The summed E-state index contributed by atoms with van der Waals surface area (Å²) in [5, 5.41) is 18.6. The molecule has 0 unspecified atom stereocenters. The lowest BCUT2D eigenvalue weighted by Gasteiger charge is -2.30. The number of carboxylic acid groups (broad SMARTS) is 1. The normalized spacial score (nSPS) is 13.1. The molecule has 0 spiro atoms. The van der Waals surface area contributed by atoms with E-state index >= 15 is 0 Å². The number of rotatable bonds is 3. The quantitative estimate of drug-likeness (QED) is 0.486. The third kappa shape index (κ3) is 4.08. The third-order valence-electron chi connectivity index (χ3n) is 5.05. The van der Waals surface area contributed by atoms with Crippen LogP contribution in [0, 0.1) is 6.92 Å². The van der Waals surface area contributed by atoms with Crippen molar-refractivity contribution in [2.24, 2.45) is 0 Å². The molecule has 1 aliphatic heterocycles. The van der Waals surface area contributed by atoms with Crippen molar-refractivity contribution in [1.82, 2.24) is 14.7 Å². The van der Waals surface area contributed by atoms with Crippen molar-refractivity contribution in [3.05, 3.63) is 74.5 Å². The second-order valence-electron chi connectivity index (χ2n) is 7.03. The van der Waals surface area contributed by atoms with Gasteiger partial charge >= 0.3 is 5.97 Å². The van der Waals surface area contributed by atoms with Crippen molar-refractivity contribution in [2.45, 2.75) is 19.9 Å². The van der Waals surface area contributed by atoms with E-state index in [9.17, 15) is 9.90 Å². The molecule has 9 heteroatoms. The Morgan fingerprint density at radius 2 is 2.00 bits per heavy atom. The zero-order chi connectivity index (χ0) is 21.4.